The number of halogens is 9. The number of amides is 3. The Bertz CT molecular complexity index is 2630. The lowest BCUT2D eigenvalue weighted by Gasteiger charge is -2.32. The summed E-state index contributed by atoms with van der Waals surface area (Å²) in [7, 11) is 0. The first-order valence-corrected chi connectivity index (χ1v) is 20.3. The fourth-order valence-corrected chi connectivity index (χ4v) is 7.70. The van der Waals surface area contributed by atoms with Crippen LogP contribution in [0.25, 0.3) is 33.5 Å². The third kappa shape index (κ3) is 10.4. The zero-order valence-corrected chi connectivity index (χ0v) is 36.6. The Morgan fingerprint density at radius 2 is 1.12 bits per heavy atom. The van der Waals surface area contributed by atoms with E-state index in [4.69, 9.17) is 42.5 Å². The van der Waals surface area contributed by atoms with Gasteiger partial charge in [-0.3, -0.25) is 18.4 Å². The first kappa shape index (κ1) is 48.0. The quantitative estimate of drug-likeness (QED) is 0.160. The second kappa shape index (κ2) is 18.6. The van der Waals surface area contributed by atoms with E-state index in [1.165, 1.54) is 59.4 Å². The topological polar surface area (TPSA) is 166 Å². The zero-order chi connectivity index (χ0) is 45.6. The molecule has 3 amide bonds. The summed E-state index contributed by atoms with van der Waals surface area (Å²) in [5, 5.41) is 2.40. The van der Waals surface area contributed by atoms with E-state index in [9.17, 15) is 40.7 Å². The van der Waals surface area contributed by atoms with Gasteiger partial charge in [0.05, 0.1) is 36.2 Å². The summed E-state index contributed by atoms with van der Waals surface area (Å²) < 4.78 is 99.8. The predicted molar refractivity (Wildman–Crippen MR) is 224 cm³/mol. The molecule has 64 heavy (non-hydrogen) atoms. The third-order valence-electron chi connectivity index (χ3n) is 10.4. The first-order chi connectivity index (χ1) is 29.6. The Kier molecular flexibility index (Phi) is 13.9. The van der Waals surface area contributed by atoms with Crippen LogP contribution in [0.4, 0.5) is 31.1 Å². The van der Waals surface area contributed by atoms with Gasteiger partial charge in [-0.25, -0.2) is 14.8 Å². The third-order valence-corrected chi connectivity index (χ3v) is 11.1. The van der Waals surface area contributed by atoms with Crippen molar-refractivity contribution in [3.8, 4) is 22.3 Å². The molecule has 0 unspecified atom stereocenters. The lowest BCUT2D eigenvalue weighted by atomic mass is 10.0. The monoisotopic (exact) mass is 960 g/mol. The number of ether oxygens (including phenoxy) is 1. The van der Waals surface area contributed by atoms with Crippen molar-refractivity contribution in [1.82, 2.24) is 33.9 Å². The molecule has 6 aromatic rings. The highest BCUT2D eigenvalue weighted by molar-refractivity contribution is 6.33. The smallest absolute Gasteiger partial charge is 0.420 e. The molecule has 0 aromatic carbocycles. The molecule has 0 radical (unpaired) electrons. The molecule has 8 heterocycles. The van der Waals surface area contributed by atoms with Crippen LogP contribution >= 0.6 is 35.6 Å². The van der Waals surface area contributed by atoms with Gasteiger partial charge in [0, 0.05) is 72.9 Å². The fraction of sp³-hybridized carbons (Fsp3) is 0.390. The van der Waals surface area contributed by atoms with Crippen LogP contribution in [0.15, 0.2) is 70.5 Å². The zero-order valence-electron chi connectivity index (χ0n) is 34.2. The second-order valence-electron chi connectivity index (χ2n) is 16.0. The summed E-state index contributed by atoms with van der Waals surface area (Å²) in [5.41, 5.74) is 3.21. The number of rotatable bonds is 5. The number of hydrogen-bond donors (Lipinski definition) is 2. The van der Waals surface area contributed by atoms with Crippen molar-refractivity contribution < 1.29 is 54.3 Å². The van der Waals surface area contributed by atoms with Crippen LogP contribution in [0.2, 0.25) is 10.3 Å². The van der Waals surface area contributed by atoms with E-state index in [0.29, 0.717) is 49.9 Å². The number of pyridine rings is 2. The Morgan fingerprint density at radius 3 is 1.48 bits per heavy atom. The molecule has 23 heteroatoms. The maximum atomic E-state index is 13.8. The molecule has 344 valence electrons. The molecule has 8 rings (SSSR count). The highest BCUT2D eigenvalue weighted by Gasteiger charge is 2.39. The number of carbonyl (C=O) groups excluding carboxylic acids is 3. The Hall–Kier alpha value is -5.44. The number of aromatic nitrogens is 4. The van der Waals surface area contributed by atoms with E-state index in [2.05, 4.69) is 15.3 Å². The molecule has 2 aliphatic rings. The lowest BCUT2D eigenvalue weighted by Crippen LogP contribution is -2.47. The average molecular weight is 962 g/mol. The van der Waals surface area contributed by atoms with Crippen LogP contribution in [0.1, 0.15) is 78.6 Å². The van der Waals surface area contributed by atoms with Crippen molar-refractivity contribution in [3.63, 3.8) is 0 Å². The predicted octanol–water partition coefficient (Wildman–Crippen LogP) is 9.65. The van der Waals surface area contributed by atoms with E-state index < -0.39 is 58.3 Å². The minimum Gasteiger partial charge on any atom is -0.472 e. The van der Waals surface area contributed by atoms with Crippen molar-refractivity contribution in [1.29, 1.82) is 0 Å². The number of fused-ring (bicyclic) bond motifs is 2. The molecule has 14 nitrogen and oxygen atoms in total. The number of nitrogens with two attached hydrogens (primary N) is 1. The minimum absolute atomic E-state index is 0. The average Bonchev–Trinajstić information content (AvgIpc) is 4.05. The molecular formula is C41H41Cl3F6N8O6. The maximum Gasteiger partial charge on any atom is 0.420 e. The molecule has 2 saturated heterocycles. The van der Waals surface area contributed by atoms with Crippen LogP contribution < -0.4 is 11.1 Å². The van der Waals surface area contributed by atoms with Gasteiger partial charge in [-0.2, -0.15) is 26.3 Å². The van der Waals surface area contributed by atoms with Gasteiger partial charge in [0.2, 0.25) is 0 Å². The number of nitrogens with one attached hydrogen (secondary N) is 1. The normalized spacial score (nSPS) is 15.5. The highest BCUT2D eigenvalue weighted by atomic mass is 35.5. The molecule has 2 aliphatic heterocycles. The molecule has 6 aromatic heterocycles. The van der Waals surface area contributed by atoms with Crippen molar-refractivity contribution in [3.05, 3.63) is 94.5 Å². The van der Waals surface area contributed by atoms with E-state index in [1.54, 1.807) is 20.8 Å². The molecular weight excluding hydrogens is 921 g/mol. The molecule has 0 spiro atoms. The van der Waals surface area contributed by atoms with Gasteiger partial charge in [0.25, 0.3) is 11.8 Å². The van der Waals surface area contributed by atoms with Crippen LogP contribution in [-0.4, -0.2) is 90.3 Å². The van der Waals surface area contributed by atoms with Gasteiger partial charge in [0.15, 0.2) is 22.7 Å². The van der Waals surface area contributed by atoms with E-state index in [1.807, 2.05) is 0 Å². The van der Waals surface area contributed by atoms with Crippen molar-refractivity contribution >= 4 is 64.8 Å². The number of carbonyl (C=O) groups is 3. The van der Waals surface area contributed by atoms with E-state index in [-0.39, 0.29) is 70.4 Å². The van der Waals surface area contributed by atoms with Crippen LogP contribution in [-0.2, 0) is 17.1 Å². The lowest BCUT2D eigenvalue weighted by molar-refractivity contribution is -0.137. The summed E-state index contributed by atoms with van der Waals surface area (Å²) in [6.07, 6.45) is 0.355. The summed E-state index contributed by atoms with van der Waals surface area (Å²) in [5.74, 6) is -1.08. The van der Waals surface area contributed by atoms with Gasteiger partial charge in [-0.15, -0.1) is 12.4 Å². The maximum absolute atomic E-state index is 13.8. The number of nitrogens with zero attached hydrogens (tertiary/aromatic N) is 6. The number of alkyl halides is 6. The summed E-state index contributed by atoms with van der Waals surface area (Å²) in [4.78, 5) is 48.9. The number of alkyl carbamates (subject to hydrolysis) is 1. The molecule has 0 bridgehead atoms. The number of piperidine rings is 2. The SMILES string of the molecule is CC(C)(C)OC(=O)NC1CCN(C(=O)c2nc3c(C(F)(F)F)cc(-c4ccoc4)cn3c2Cl)CC1.Cl.NC1CCN(C(=O)c2nc3c(C(F)(F)F)cc(-c4ccoc4)cn3c2Cl)CC1. The van der Waals surface area contributed by atoms with Gasteiger partial charge in [-0.1, -0.05) is 23.2 Å². The van der Waals surface area contributed by atoms with Crippen LogP contribution in [0.3, 0.4) is 0 Å². The number of likely N-dealkylation sites (tertiary alicyclic amines) is 2. The molecule has 3 N–H and O–H groups in total. The van der Waals surface area contributed by atoms with Gasteiger partial charge < -0.3 is 34.4 Å². The Labute approximate surface area is 377 Å². The van der Waals surface area contributed by atoms with Crippen LogP contribution in [0.5, 0.6) is 0 Å². The van der Waals surface area contributed by atoms with Gasteiger partial charge in [0.1, 0.15) is 15.9 Å². The van der Waals surface area contributed by atoms with Crippen molar-refractivity contribution in [2.45, 2.75) is 76.5 Å². The largest absolute Gasteiger partial charge is 0.472 e. The van der Waals surface area contributed by atoms with Crippen LogP contribution in [0, 0.1) is 0 Å². The minimum atomic E-state index is -4.72. The summed E-state index contributed by atoms with van der Waals surface area (Å²) in [6.45, 7) is 6.65. The molecule has 0 aliphatic carbocycles. The first-order valence-electron chi connectivity index (χ1n) is 19.6. The molecule has 0 saturated carbocycles. The Morgan fingerprint density at radius 1 is 0.719 bits per heavy atom. The van der Waals surface area contributed by atoms with E-state index in [0.717, 1.165) is 20.9 Å². The molecule has 0 atom stereocenters. The standard InChI is InChI=1S/C23H24ClF3N4O4.C18H16ClF3N4O2.ClH/c1-22(2,3)35-21(33)28-15-4-7-30(8-5-15)20(32)17-18(24)31-11-14(13-6-9-34-12-13)10-16(19(31)29-17)23(25,26)27;19-15-14(17(27)25-4-1-12(23)2-5-25)24-16-13(18(20,21)22)7-11(8-26(15)16)10-3-6-28-9-10;/h6,9-12,15H,4-5,7-8H2,1-3H3,(H,28,33);3,6-9,12H,1-2,4-5,23H2;1H. The fourth-order valence-electron chi connectivity index (χ4n) is 7.20. The van der Waals surface area contributed by atoms with Crippen molar-refractivity contribution in [2.24, 2.45) is 5.73 Å². The van der Waals surface area contributed by atoms with Crippen molar-refractivity contribution in [2.75, 3.05) is 26.2 Å². The second-order valence-corrected chi connectivity index (χ2v) is 16.8. The number of hydrogen-bond acceptors (Lipinski definition) is 9. The molecule has 2 fully saturated rings. The Balaban J connectivity index is 0.000000214. The van der Waals surface area contributed by atoms with Gasteiger partial charge in [-0.05, 0) is 70.7 Å². The van der Waals surface area contributed by atoms with E-state index >= 15 is 0 Å². The number of imidazole rings is 2. The summed E-state index contributed by atoms with van der Waals surface area (Å²) in [6, 6.07) is 4.79. The number of furan rings is 2. The highest BCUT2D eigenvalue weighted by Crippen LogP contribution is 2.39. The van der Waals surface area contributed by atoms with Gasteiger partial charge >= 0.3 is 18.4 Å². The summed E-state index contributed by atoms with van der Waals surface area (Å²) >= 11 is 12.7.